The average Bonchev–Trinajstić information content (AvgIpc) is 3.23. The van der Waals surface area contributed by atoms with Crippen molar-refractivity contribution >= 4 is 23.1 Å². The third-order valence-corrected chi connectivity index (χ3v) is 4.70. The molecule has 2 aromatic carbocycles. The van der Waals surface area contributed by atoms with E-state index in [-0.39, 0.29) is 35.1 Å². The molecule has 0 aromatic heterocycles. The second-order valence-corrected chi connectivity index (χ2v) is 6.26. The van der Waals surface area contributed by atoms with Crippen LogP contribution < -0.4 is 9.47 Å². The number of nitrogens with zero attached hydrogens (tertiary/aromatic N) is 1. The molecule has 0 N–H and O–H groups in total. The minimum Gasteiger partial charge on any atom is -0.454 e. The number of carbonyl (C=O) groups excluding carboxylic acids is 1. The van der Waals surface area contributed by atoms with Crippen LogP contribution in [0.2, 0.25) is 5.02 Å². The Morgan fingerprint density at radius 2 is 1.96 bits per heavy atom. The van der Waals surface area contributed by atoms with Crippen molar-refractivity contribution in [1.29, 1.82) is 0 Å². The molecule has 1 aliphatic heterocycles. The first-order chi connectivity index (χ1) is 11.5. The van der Waals surface area contributed by atoms with Crippen LogP contribution in [0.1, 0.15) is 28.3 Å². The zero-order chi connectivity index (χ0) is 16.8. The van der Waals surface area contributed by atoms with Crippen LogP contribution >= 0.6 is 11.6 Å². The van der Waals surface area contributed by atoms with Crippen molar-refractivity contribution in [3.8, 4) is 11.5 Å². The van der Waals surface area contributed by atoms with Crippen LogP contribution in [0.4, 0.5) is 5.69 Å². The van der Waals surface area contributed by atoms with Crippen molar-refractivity contribution in [3.63, 3.8) is 0 Å². The molecular weight excluding hydrogens is 334 g/mol. The number of rotatable bonds is 4. The fraction of sp³-hybridized carbons (Fsp3) is 0.235. The summed E-state index contributed by atoms with van der Waals surface area (Å²) in [6.45, 7) is 0.209. The molecule has 1 saturated carbocycles. The Hall–Kier alpha value is -2.60. The van der Waals surface area contributed by atoms with Crippen molar-refractivity contribution in [3.05, 3.63) is 62.7 Å². The lowest BCUT2D eigenvalue weighted by atomic mass is 10.0. The van der Waals surface area contributed by atoms with Gasteiger partial charge in [-0.05, 0) is 42.2 Å². The predicted molar refractivity (Wildman–Crippen MR) is 85.8 cm³/mol. The van der Waals surface area contributed by atoms with E-state index in [2.05, 4.69) is 0 Å². The van der Waals surface area contributed by atoms with E-state index in [0.29, 0.717) is 17.1 Å². The first kappa shape index (κ1) is 15.0. The normalized spacial score (nSPS) is 20.7. The number of Topliss-reactive ketones (excluding diaryl/α,β-unsaturated/α-hetero) is 1. The number of ketones is 1. The molecule has 1 fully saturated rings. The second-order valence-electron chi connectivity index (χ2n) is 5.85. The number of benzene rings is 2. The van der Waals surface area contributed by atoms with Gasteiger partial charge in [0, 0.05) is 17.5 Å². The number of hydrogen-bond donors (Lipinski definition) is 0. The van der Waals surface area contributed by atoms with Crippen LogP contribution in [-0.4, -0.2) is 17.5 Å². The van der Waals surface area contributed by atoms with E-state index >= 15 is 0 Å². The lowest BCUT2D eigenvalue weighted by molar-refractivity contribution is -0.384. The summed E-state index contributed by atoms with van der Waals surface area (Å²) in [4.78, 5) is 23.0. The number of hydrogen-bond acceptors (Lipinski definition) is 5. The van der Waals surface area contributed by atoms with Gasteiger partial charge < -0.3 is 9.47 Å². The van der Waals surface area contributed by atoms with Gasteiger partial charge in [0.05, 0.1) is 4.92 Å². The van der Waals surface area contributed by atoms with Crippen molar-refractivity contribution in [1.82, 2.24) is 0 Å². The van der Waals surface area contributed by atoms with Crippen LogP contribution in [0, 0.1) is 16.0 Å². The van der Waals surface area contributed by atoms with E-state index in [1.165, 1.54) is 18.2 Å². The predicted octanol–water partition coefficient (Wildman–Crippen LogP) is 3.96. The number of carbonyl (C=O) groups is 1. The van der Waals surface area contributed by atoms with Gasteiger partial charge >= 0.3 is 0 Å². The molecule has 2 aliphatic rings. The van der Waals surface area contributed by atoms with Crippen molar-refractivity contribution in [2.45, 2.75) is 12.3 Å². The number of halogens is 1. The molecule has 1 heterocycles. The van der Waals surface area contributed by atoms with Gasteiger partial charge in [-0.15, -0.1) is 0 Å². The molecule has 4 rings (SSSR count). The average molecular weight is 346 g/mol. The number of ether oxygens (including phenoxy) is 2. The first-order valence-electron chi connectivity index (χ1n) is 7.42. The van der Waals surface area contributed by atoms with Gasteiger partial charge in [0.1, 0.15) is 5.02 Å². The summed E-state index contributed by atoms with van der Waals surface area (Å²) in [7, 11) is 0. The molecular formula is C17H12ClNO5. The topological polar surface area (TPSA) is 78.7 Å². The number of fused-ring (bicyclic) bond motifs is 1. The molecule has 2 atom stereocenters. The summed E-state index contributed by atoms with van der Waals surface area (Å²) in [5.41, 5.74) is 1.09. The molecule has 2 unspecified atom stereocenters. The second kappa shape index (κ2) is 5.49. The van der Waals surface area contributed by atoms with E-state index in [1.54, 1.807) is 0 Å². The van der Waals surface area contributed by atoms with Gasteiger partial charge in [0.15, 0.2) is 17.3 Å². The van der Waals surface area contributed by atoms with E-state index in [1.807, 2.05) is 18.2 Å². The Bertz CT molecular complexity index is 866. The van der Waals surface area contributed by atoms with Gasteiger partial charge in [-0.25, -0.2) is 0 Å². The van der Waals surface area contributed by atoms with Gasteiger partial charge in [-0.2, -0.15) is 0 Å². The maximum atomic E-state index is 12.6. The molecule has 0 bridgehead atoms. The lowest BCUT2D eigenvalue weighted by Gasteiger charge is -2.04. The zero-order valence-electron chi connectivity index (χ0n) is 12.4. The fourth-order valence-corrected chi connectivity index (χ4v) is 3.20. The highest BCUT2D eigenvalue weighted by molar-refractivity contribution is 6.32. The summed E-state index contributed by atoms with van der Waals surface area (Å²) in [5, 5.41) is 11.0. The molecule has 0 radical (unpaired) electrons. The Morgan fingerprint density at radius 3 is 2.75 bits per heavy atom. The fourth-order valence-electron chi connectivity index (χ4n) is 3.02. The van der Waals surface area contributed by atoms with Crippen LogP contribution in [0.25, 0.3) is 0 Å². The van der Waals surface area contributed by atoms with Crippen LogP contribution in [0.5, 0.6) is 11.5 Å². The smallest absolute Gasteiger partial charge is 0.288 e. The Labute approximate surface area is 142 Å². The Kier molecular flexibility index (Phi) is 3.42. The molecule has 6 nitrogen and oxygen atoms in total. The summed E-state index contributed by atoms with van der Waals surface area (Å²) in [6, 6.07) is 9.84. The third-order valence-electron chi connectivity index (χ3n) is 4.38. The van der Waals surface area contributed by atoms with Crippen molar-refractivity contribution in [2.75, 3.05) is 6.79 Å². The van der Waals surface area contributed by atoms with Crippen LogP contribution in [0.3, 0.4) is 0 Å². The highest BCUT2D eigenvalue weighted by atomic mass is 35.5. The summed E-state index contributed by atoms with van der Waals surface area (Å²) in [5.74, 6) is 1.22. The van der Waals surface area contributed by atoms with E-state index in [4.69, 9.17) is 21.1 Å². The Balaban J connectivity index is 1.55. The third kappa shape index (κ3) is 2.49. The summed E-state index contributed by atoms with van der Waals surface area (Å²) in [6.07, 6.45) is 0.717. The van der Waals surface area contributed by atoms with E-state index in [0.717, 1.165) is 12.0 Å². The minimum absolute atomic E-state index is 0.0275. The van der Waals surface area contributed by atoms with Crippen LogP contribution in [0.15, 0.2) is 36.4 Å². The highest BCUT2D eigenvalue weighted by Crippen LogP contribution is 2.51. The largest absolute Gasteiger partial charge is 0.454 e. The van der Waals surface area contributed by atoms with Crippen molar-refractivity contribution in [2.24, 2.45) is 5.92 Å². The molecule has 24 heavy (non-hydrogen) atoms. The maximum Gasteiger partial charge on any atom is 0.288 e. The quantitative estimate of drug-likeness (QED) is 0.476. The highest BCUT2D eigenvalue weighted by Gasteiger charge is 2.44. The Morgan fingerprint density at radius 1 is 1.17 bits per heavy atom. The van der Waals surface area contributed by atoms with Crippen LogP contribution in [-0.2, 0) is 0 Å². The maximum absolute atomic E-state index is 12.6. The van der Waals surface area contributed by atoms with Gasteiger partial charge in [-0.3, -0.25) is 14.9 Å². The molecule has 7 heteroatoms. The first-order valence-corrected chi connectivity index (χ1v) is 7.80. The summed E-state index contributed by atoms with van der Waals surface area (Å²) < 4.78 is 10.6. The molecule has 2 aromatic rings. The zero-order valence-corrected chi connectivity index (χ0v) is 13.2. The molecule has 0 saturated heterocycles. The summed E-state index contributed by atoms with van der Waals surface area (Å²) >= 11 is 5.79. The van der Waals surface area contributed by atoms with Gasteiger partial charge in [-0.1, -0.05) is 17.7 Å². The monoisotopic (exact) mass is 345 g/mol. The van der Waals surface area contributed by atoms with E-state index < -0.39 is 4.92 Å². The van der Waals surface area contributed by atoms with E-state index in [9.17, 15) is 14.9 Å². The van der Waals surface area contributed by atoms with Crippen molar-refractivity contribution < 1.29 is 19.2 Å². The molecule has 0 spiro atoms. The lowest BCUT2D eigenvalue weighted by Crippen LogP contribution is -2.04. The minimum atomic E-state index is -0.582. The standard InChI is InChI=1S/C17H12ClNO5/c18-13-3-1-10(5-14(13)19(21)22)17(20)12-7-11(12)9-2-4-15-16(6-9)24-8-23-15/h1-6,11-12H,7-8H2. The molecule has 1 aliphatic carbocycles. The number of nitro groups is 1. The SMILES string of the molecule is O=C(c1ccc(Cl)c([N+](=O)[O-])c1)C1CC1c1ccc2c(c1)OCO2. The molecule has 122 valence electrons. The van der Waals surface area contributed by atoms with Gasteiger partial charge in [0.25, 0.3) is 5.69 Å². The van der Waals surface area contributed by atoms with Gasteiger partial charge in [0.2, 0.25) is 6.79 Å². The molecule has 0 amide bonds. The number of nitro benzene ring substituents is 1.